The van der Waals surface area contributed by atoms with Gasteiger partial charge in [-0.25, -0.2) is 4.98 Å². The Kier molecular flexibility index (Phi) is 2.17. The van der Waals surface area contributed by atoms with Gasteiger partial charge in [0.15, 0.2) is 0 Å². The molecule has 0 spiro atoms. The molecule has 0 aromatic carbocycles. The monoisotopic (exact) mass is 138 g/mol. The zero-order valence-corrected chi connectivity index (χ0v) is 5.83. The zero-order valence-electron chi connectivity index (χ0n) is 5.83. The number of nitrogens with two attached hydrogens (primary N) is 1. The topological polar surface area (TPSA) is 63.8 Å². The highest BCUT2D eigenvalue weighted by Crippen LogP contribution is 1.98. The van der Waals surface area contributed by atoms with Crippen molar-refractivity contribution in [3.05, 3.63) is 18.1 Å². The van der Waals surface area contributed by atoms with Crippen LogP contribution in [0.4, 0.5) is 5.82 Å². The predicted molar refractivity (Wildman–Crippen MR) is 39.5 cm³/mol. The lowest BCUT2D eigenvalue weighted by Crippen LogP contribution is -2.02. The molecule has 1 aromatic heterocycles. The van der Waals surface area contributed by atoms with Crippen molar-refractivity contribution in [3.8, 4) is 0 Å². The average Bonchev–Trinajstić information content (AvgIpc) is 2.05. The Labute approximate surface area is 59.5 Å². The number of hydrogen-bond acceptors (Lipinski definition) is 4. The second-order valence-corrected chi connectivity index (χ2v) is 1.85. The van der Waals surface area contributed by atoms with Crippen molar-refractivity contribution < 1.29 is 0 Å². The van der Waals surface area contributed by atoms with Gasteiger partial charge in [0.2, 0.25) is 0 Å². The van der Waals surface area contributed by atoms with Crippen molar-refractivity contribution in [2.24, 2.45) is 5.73 Å². The van der Waals surface area contributed by atoms with E-state index in [1.54, 1.807) is 19.4 Å². The van der Waals surface area contributed by atoms with Crippen LogP contribution in [0.2, 0.25) is 0 Å². The SMILES string of the molecule is CNc1cncc(CN)n1. The van der Waals surface area contributed by atoms with Crippen molar-refractivity contribution in [2.75, 3.05) is 12.4 Å². The van der Waals surface area contributed by atoms with E-state index in [4.69, 9.17) is 5.73 Å². The summed E-state index contributed by atoms with van der Waals surface area (Å²) in [7, 11) is 1.80. The minimum atomic E-state index is 0.433. The smallest absolute Gasteiger partial charge is 0.144 e. The van der Waals surface area contributed by atoms with Crippen LogP contribution in [0.25, 0.3) is 0 Å². The molecule has 1 rings (SSSR count). The highest BCUT2D eigenvalue weighted by Gasteiger charge is 1.91. The van der Waals surface area contributed by atoms with E-state index in [-0.39, 0.29) is 0 Å². The third kappa shape index (κ3) is 1.41. The van der Waals surface area contributed by atoms with E-state index < -0.39 is 0 Å². The molecule has 0 fully saturated rings. The first kappa shape index (κ1) is 6.95. The molecule has 4 nitrogen and oxygen atoms in total. The van der Waals surface area contributed by atoms with Gasteiger partial charge in [-0.05, 0) is 0 Å². The summed E-state index contributed by atoms with van der Waals surface area (Å²) in [5.74, 6) is 0.753. The number of nitrogens with zero attached hydrogens (tertiary/aromatic N) is 2. The second kappa shape index (κ2) is 3.12. The Morgan fingerprint density at radius 3 is 3.00 bits per heavy atom. The number of hydrogen-bond donors (Lipinski definition) is 2. The molecule has 10 heavy (non-hydrogen) atoms. The molecule has 0 saturated carbocycles. The maximum atomic E-state index is 5.34. The van der Waals surface area contributed by atoms with Crippen LogP contribution in [-0.2, 0) is 6.54 Å². The summed E-state index contributed by atoms with van der Waals surface area (Å²) in [6.45, 7) is 0.433. The van der Waals surface area contributed by atoms with Crippen LogP contribution in [0.1, 0.15) is 5.69 Å². The summed E-state index contributed by atoms with van der Waals surface area (Å²) in [5, 5.41) is 2.87. The molecule has 0 atom stereocenters. The van der Waals surface area contributed by atoms with Gasteiger partial charge in [0, 0.05) is 19.8 Å². The van der Waals surface area contributed by atoms with Gasteiger partial charge in [0.1, 0.15) is 5.82 Å². The van der Waals surface area contributed by atoms with Gasteiger partial charge >= 0.3 is 0 Å². The summed E-state index contributed by atoms with van der Waals surface area (Å²) in [4.78, 5) is 8.03. The van der Waals surface area contributed by atoms with Gasteiger partial charge in [0.25, 0.3) is 0 Å². The van der Waals surface area contributed by atoms with Crippen molar-refractivity contribution in [3.63, 3.8) is 0 Å². The lowest BCUT2D eigenvalue weighted by molar-refractivity contribution is 0.965. The second-order valence-electron chi connectivity index (χ2n) is 1.85. The standard InChI is InChI=1S/C6H10N4/c1-8-6-4-9-3-5(2-7)10-6/h3-4H,2,7H2,1H3,(H,8,10). The van der Waals surface area contributed by atoms with Crippen molar-refractivity contribution >= 4 is 5.82 Å². The molecule has 0 saturated heterocycles. The molecule has 0 aliphatic heterocycles. The van der Waals surface area contributed by atoms with Crippen LogP contribution in [-0.4, -0.2) is 17.0 Å². The molecular weight excluding hydrogens is 128 g/mol. The normalized spacial score (nSPS) is 9.40. The highest BCUT2D eigenvalue weighted by atomic mass is 15.0. The maximum Gasteiger partial charge on any atom is 0.144 e. The number of anilines is 1. The Morgan fingerprint density at radius 2 is 2.40 bits per heavy atom. The summed E-state index contributed by atoms with van der Waals surface area (Å²) in [5.41, 5.74) is 6.14. The minimum absolute atomic E-state index is 0.433. The van der Waals surface area contributed by atoms with Gasteiger partial charge in [-0.15, -0.1) is 0 Å². The Bertz CT molecular complexity index is 191. The van der Waals surface area contributed by atoms with Crippen LogP contribution in [0.3, 0.4) is 0 Å². The fourth-order valence-electron chi connectivity index (χ4n) is 0.625. The molecule has 4 heteroatoms. The van der Waals surface area contributed by atoms with E-state index in [1.807, 2.05) is 0 Å². The molecule has 0 bridgehead atoms. The number of nitrogens with one attached hydrogen (secondary N) is 1. The molecule has 3 N–H and O–H groups in total. The van der Waals surface area contributed by atoms with Crippen LogP contribution in [0, 0.1) is 0 Å². The van der Waals surface area contributed by atoms with E-state index >= 15 is 0 Å². The lowest BCUT2D eigenvalue weighted by atomic mass is 10.4. The summed E-state index contributed by atoms with van der Waals surface area (Å²) in [6.07, 6.45) is 3.31. The molecule has 1 aromatic rings. The largest absolute Gasteiger partial charge is 0.372 e. The maximum absolute atomic E-state index is 5.34. The molecule has 0 aliphatic rings. The van der Waals surface area contributed by atoms with Gasteiger partial charge in [0.05, 0.1) is 11.9 Å². The third-order valence-corrected chi connectivity index (χ3v) is 1.15. The minimum Gasteiger partial charge on any atom is -0.372 e. The molecule has 0 radical (unpaired) electrons. The first-order valence-electron chi connectivity index (χ1n) is 3.05. The summed E-state index contributed by atoms with van der Waals surface area (Å²) in [6, 6.07) is 0. The van der Waals surface area contributed by atoms with E-state index in [2.05, 4.69) is 15.3 Å². The van der Waals surface area contributed by atoms with Crippen molar-refractivity contribution in [2.45, 2.75) is 6.54 Å². The molecular formula is C6H10N4. The quantitative estimate of drug-likeness (QED) is 0.602. The fourth-order valence-corrected chi connectivity index (χ4v) is 0.625. The average molecular weight is 138 g/mol. The molecule has 0 unspecified atom stereocenters. The van der Waals surface area contributed by atoms with Crippen molar-refractivity contribution in [1.82, 2.24) is 9.97 Å². The van der Waals surface area contributed by atoms with E-state index in [9.17, 15) is 0 Å². The Balaban J connectivity index is 2.87. The van der Waals surface area contributed by atoms with Gasteiger partial charge in [-0.1, -0.05) is 0 Å². The highest BCUT2D eigenvalue weighted by molar-refractivity contribution is 5.30. The molecule has 54 valence electrons. The molecule has 0 aliphatic carbocycles. The Morgan fingerprint density at radius 1 is 1.60 bits per heavy atom. The fraction of sp³-hybridized carbons (Fsp3) is 0.333. The molecule has 1 heterocycles. The summed E-state index contributed by atoms with van der Waals surface area (Å²) < 4.78 is 0. The van der Waals surface area contributed by atoms with Crippen molar-refractivity contribution in [1.29, 1.82) is 0 Å². The van der Waals surface area contributed by atoms with Crippen LogP contribution in [0.5, 0.6) is 0 Å². The van der Waals surface area contributed by atoms with E-state index in [1.165, 1.54) is 0 Å². The first-order valence-corrected chi connectivity index (χ1v) is 3.05. The molecule has 0 amide bonds. The lowest BCUT2D eigenvalue weighted by Gasteiger charge is -1.98. The first-order chi connectivity index (χ1) is 4.86. The van der Waals surface area contributed by atoms with E-state index in [0.717, 1.165) is 11.5 Å². The number of rotatable bonds is 2. The van der Waals surface area contributed by atoms with Gasteiger partial charge in [-0.2, -0.15) is 0 Å². The van der Waals surface area contributed by atoms with E-state index in [0.29, 0.717) is 6.54 Å². The number of aromatic nitrogens is 2. The van der Waals surface area contributed by atoms with Crippen LogP contribution >= 0.6 is 0 Å². The zero-order chi connectivity index (χ0) is 7.40. The van der Waals surface area contributed by atoms with Gasteiger partial charge < -0.3 is 11.1 Å². The van der Waals surface area contributed by atoms with Gasteiger partial charge in [-0.3, -0.25) is 4.98 Å². The predicted octanol–water partition coefficient (Wildman–Crippen LogP) is -0.0230. The van der Waals surface area contributed by atoms with Crippen LogP contribution < -0.4 is 11.1 Å². The van der Waals surface area contributed by atoms with Crippen LogP contribution in [0.15, 0.2) is 12.4 Å². The third-order valence-electron chi connectivity index (χ3n) is 1.15. The Hall–Kier alpha value is -1.16. The summed E-state index contributed by atoms with van der Waals surface area (Å²) >= 11 is 0.